The molecule has 0 bridgehead atoms. The molecule has 4 aromatic carbocycles. The molecule has 197 valence electrons. The van der Waals surface area contributed by atoms with Crippen molar-refractivity contribution < 1.29 is 0 Å². The normalized spacial score (nSPS) is 18.6. The van der Waals surface area contributed by atoms with Crippen molar-refractivity contribution in [3.63, 3.8) is 0 Å². The number of allylic oxidation sites excluding steroid dienone is 4. The third kappa shape index (κ3) is 6.23. The number of hydrogen-bond donors (Lipinski definition) is 0. The van der Waals surface area contributed by atoms with E-state index in [1.165, 1.54) is 34.3 Å². The van der Waals surface area contributed by atoms with Gasteiger partial charge in [-0.05, 0) is 69.2 Å². The number of hydrogen-bond acceptors (Lipinski definition) is 0. The SMILES string of the molecule is CC(CC1=CC(C[SiH]CC2C=C(CC(C)c3ccccc3)c3ccccc32)c2ccccc21)c1ccccc1.[LiH]. The van der Waals surface area contributed by atoms with Crippen molar-refractivity contribution in [1.29, 1.82) is 0 Å². The van der Waals surface area contributed by atoms with Crippen LogP contribution in [0.1, 0.15) is 83.7 Å². The second kappa shape index (κ2) is 13.2. The van der Waals surface area contributed by atoms with Crippen molar-refractivity contribution in [2.24, 2.45) is 0 Å². The Morgan fingerprint density at radius 1 is 0.525 bits per heavy atom. The minimum atomic E-state index is 0. The Bertz CT molecular complexity index is 1360. The van der Waals surface area contributed by atoms with Crippen LogP contribution in [0.4, 0.5) is 0 Å². The quantitative estimate of drug-likeness (QED) is 0.179. The molecule has 0 N–H and O–H groups in total. The van der Waals surface area contributed by atoms with Gasteiger partial charge >= 0.3 is 18.9 Å². The van der Waals surface area contributed by atoms with Crippen molar-refractivity contribution in [2.45, 2.75) is 62.4 Å². The van der Waals surface area contributed by atoms with Crippen LogP contribution in [0.25, 0.3) is 11.1 Å². The van der Waals surface area contributed by atoms with E-state index < -0.39 is 0 Å². The van der Waals surface area contributed by atoms with Crippen LogP contribution < -0.4 is 0 Å². The average molecular weight is 532 g/mol. The molecule has 0 aromatic heterocycles. The fourth-order valence-electron chi connectivity index (χ4n) is 6.73. The predicted molar refractivity (Wildman–Crippen MR) is 177 cm³/mol. The van der Waals surface area contributed by atoms with E-state index in [1.807, 2.05) is 0 Å². The van der Waals surface area contributed by atoms with E-state index in [1.54, 1.807) is 22.3 Å². The first kappa shape index (κ1) is 28.7. The Morgan fingerprint density at radius 3 is 1.32 bits per heavy atom. The van der Waals surface area contributed by atoms with Gasteiger partial charge in [0, 0.05) is 21.4 Å². The topological polar surface area (TPSA) is 0 Å². The van der Waals surface area contributed by atoms with Gasteiger partial charge in [-0.2, -0.15) is 0 Å². The molecule has 0 fully saturated rings. The molecule has 0 heterocycles. The van der Waals surface area contributed by atoms with Crippen LogP contribution in [-0.2, 0) is 0 Å². The molecule has 2 aliphatic rings. The van der Waals surface area contributed by atoms with Gasteiger partial charge in [-0.3, -0.25) is 0 Å². The van der Waals surface area contributed by atoms with Gasteiger partial charge in [0.2, 0.25) is 0 Å². The molecule has 40 heavy (non-hydrogen) atoms. The maximum absolute atomic E-state index is 2.61. The zero-order valence-electron chi connectivity index (χ0n) is 23.3. The third-order valence-corrected chi connectivity index (χ3v) is 10.5. The van der Waals surface area contributed by atoms with Crippen molar-refractivity contribution in [3.05, 3.63) is 155 Å². The fourth-order valence-corrected chi connectivity index (χ4v) is 8.42. The summed E-state index contributed by atoms with van der Waals surface area (Å²) in [6.07, 6.45) is 7.47. The summed E-state index contributed by atoms with van der Waals surface area (Å²) in [5.41, 5.74) is 12.1. The van der Waals surface area contributed by atoms with Gasteiger partial charge in [0.1, 0.15) is 0 Å². The summed E-state index contributed by atoms with van der Waals surface area (Å²) in [6.45, 7) is 4.74. The number of benzene rings is 4. The molecule has 0 nitrogen and oxygen atoms in total. The molecule has 4 aromatic rings. The van der Waals surface area contributed by atoms with E-state index in [0.29, 0.717) is 33.2 Å². The zero-order chi connectivity index (χ0) is 26.6. The Kier molecular flexibility index (Phi) is 9.49. The molecular weight excluding hydrogens is 491 g/mol. The van der Waals surface area contributed by atoms with Crippen molar-refractivity contribution in [1.82, 2.24) is 0 Å². The summed E-state index contributed by atoms with van der Waals surface area (Å²) in [4.78, 5) is 0. The molecule has 0 aliphatic heterocycles. The van der Waals surface area contributed by atoms with Crippen LogP contribution in [-0.4, -0.2) is 28.4 Å². The van der Waals surface area contributed by atoms with Crippen LogP contribution in [0.3, 0.4) is 0 Å². The molecule has 0 amide bonds. The van der Waals surface area contributed by atoms with Crippen molar-refractivity contribution in [2.75, 3.05) is 0 Å². The third-order valence-electron chi connectivity index (χ3n) is 8.85. The fraction of sp³-hybridized carbons (Fsp3) is 0.263. The van der Waals surface area contributed by atoms with E-state index in [2.05, 4.69) is 135 Å². The average Bonchev–Trinajstić information content (AvgIpc) is 3.52. The Labute approximate surface area is 255 Å². The molecule has 1 radical (unpaired) electrons. The van der Waals surface area contributed by atoms with Crippen LogP contribution >= 0.6 is 0 Å². The molecule has 0 saturated carbocycles. The minimum absolute atomic E-state index is 0. The molecule has 0 saturated heterocycles. The predicted octanol–water partition coefficient (Wildman–Crippen LogP) is 9.36. The molecule has 4 atom stereocenters. The molecule has 6 rings (SSSR count). The van der Waals surface area contributed by atoms with Crippen molar-refractivity contribution in [3.8, 4) is 0 Å². The molecule has 2 heteroatoms. The van der Waals surface area contributed by atoms with E-state index in [-0.39, 0.29) is 18.9 Å². The monoisotopic (exact) mass is 531 g/mol. The van der Waals surface area contributed by atoms with Gasteiger partial charge in [-0.25, -0.2) is 0 Å². The van der Waals surface area contributed by atoms with Crippen LogP contribution in [0.5, 0.6) is 0 Å². The Hall–Kier alpha value is -2.83. The van der Waals surface area contributed by atoms with Gasteiger partial charge in [-0.15, -0.1) is 0 Å². The molecule has 2 aliphatic carbocycles. The van der Waals surface area contributed by atoms with E-state index in [4.69, 9.17) is 0 Å². The van der Waals surface area contributed by atoms with Crippen molar-refractivity contribution >= 4 is 39.5 Å². The maximum atomic E-state index is 2.61. The second-order valence-corrected chi connectivity index (χ2v) is 13.1. The first-order chi connectivity index (χ1) is 19.2. The van der Waals surface area contributed by atoms with Crippen LogP contribution in [0.2, 0.25) is 12.1 Å². The summed E-state index contributed by atoms with van der Waals surface area (Å²) in [6, 6.07) is 43.0. The van der Waals surface area contributed by atoms with Crippen LogP contribution in [0.15, 0.2) is 121 Å². The number of rotatable bonds is 10. The summed E-state index contributed by atoms with van der Waals surface area (Å²) in [7, 11) is 0.368. The summed E-state index contributed by atoms with van der Waals surface area (Å²) >= 11 is 0. The van der Waals surface area contributed by atoms with Gasteiger partial charge in [-0.1, -0.05) is 147 Å². The van der Waals surface area contributed by atoms with E-state index in [0.717, 1.165) is 12.8 Å². The first-order valence-electron chi connectivity index (χ1n) is 14.7. The molecule has 4 unspecified atom stereocenters. The summed E-state index contributed by atoms with van der Waals surface area (Å²) in [5, 5.41) is 0. The van der Waals surface area contributed by atoms with Gasteiger partial charge < -0.3 is 0 Å². The zero-order valence-corrected chi connectivity index (χ0v) is 24.4. The van der Waals surface area contributed by atoms with Gasteiger partial charge in [0.25, 0.3) is 0 Å². The van der Waals surface area contributed by atoms with Crippen LogP contribution in [0, 0.1) is 0 Å². The number of fused-ring (bicyclic) bond motifs is 2. The Morgan fingerprint density at radius 2 is 0.900 bits per heavy atom. The molecule has 0 spiro atoms. The van der Waals surface area contributed by atoms with E-state index in [9.17, 15) is 0 Å². The molecular formula is C38H40LiSi. The Balaban J connectivity index is 0.00000323. The summed E-state index contributed by atoms with van der Waals surface area (Å²) < 4.78 is 0. The standard InChI is InChI=1S/C38H39Si.Li.H/c1-27(29-13-5-3-6-14-29)21-31-23-33(37-19-11-9-17-35(31)37)25-39-26-34-24-32(36-18-10-12-20-38(34)36)22-28(2)30-15-7-4-8-16-30;;/h3-20,23-24,27-28,33-34,39H,21-22,25-26H2,1-2H3;;. The summed E-state index contributed by atoms with van der Waals surface area (Å²) in [5.74, 6) is 2.22. The second-order valence-electron chi connectivity index (χ2n) is 11.6. The first-order valence-corrected chi connectivity index (χ1v) is 16.3. The van der Waals surface area contributed by atoms with Gasteiger partial charge in [0.15, 0.2) is 0 Å². The van der Waals surface area contributed by atoms with E-state index >= 15 is 0 Å². The van der Waals surface area contributed by atoms with Gasteiger partial charge in [0.05, 0.1) is 0 Å².